The van der Waals surface area contributed by atoms with Gasteiger partial charge in [0.1, 0.15) is 6.61 Å². The number of urea groups is 1. The number of benzene rings is 2. The zero-order valence-corrected chi connectivity index (χ0v) is 14.5. The SMILES string of the molecule is CN(C[C@H]1COc2ccccc2O1)C(=O)Nc1nc2ccccc2s1. The van der Waals surface area contributed by atoms with Gasteiger partial charge in [-0.2, -0.15) is 0 Å². The van der Waals surface area contributed by atoms with E-state index in [0.717, 1.165) is 16.0 Å². The number of carbonyl (C=O) groups is 1. The van der Waals surface area contributed by atoms with E-state index in [1.807, 2.05) is 48.5 Å². The first kappa shape index (κ1) is 15.7. The lowest BCUT2D eigenvalue weighted by Gasteiger charge is -2.29. The summed E-state index contributed by atoms with van der Waals surface area (Å²) in [6.45, 7) is 0.834. The van der Waals surface area contributed by atoms with Crippen molar-refractivity contribution >= 4 is 32.7 Å². The number of fused-ring (bicyclic) bond motifs is 2. The molecule has 4 rings (SSSR count). The molecule has 1 atom stereocenters. The number of hydrogen-bond acceptors (Lipinski definition) is 5. The molecule has 0 bridgehead atoms. The molecule has 1 aromatic heterocycles. The molecular weight excluding hydrogens is 338 g/mol. The molecule has 6 nitrogen and oxygen atoms in total. The monoisotopic (exact) mass is 355 g/mol. The van der Waals surface area contributed by atoms with Crippen LogP contribution in [-0.2, 0) is 0 Å². The molecule has 1 aliphatic heterocycles. The van der Waals surface area contributed by atoms with E-state index in [2.05, 4.69) is 10.3 Å². The third-order valence-electron chi connectivity index (χ3n) is 3.90. The predicted molar refractivity (Wildman–Crippen MR) is 97.6 cm³/mol. The molecule has 0 aliphatic carbocycles. The number of ether oxygens (including phenoxy) is 2. The number of para-hydroxylation sites is 3. The highest BCUT2D eigenvalue weighted by atomic mass is 32.1. The predicted octanol–water partition coefficient (Wildman–Crippen LogP) is 3.60. The van der Waals surface area contributed by atoms with E-state index in [9.17, 15) is 4.79 Å². The van der Waals surface area contributed by atoms with Gasteiger partial charge in [0, 0.05) is 7.05 Å². The van der Waals surface area contributed by atoms with E-state index in [1.165, 1.54) is 11.3 Å². The van der Waals surface area contributed by atoms with Gasteiger partial charge in [-0.15, -0.1) is 0 Å². The lowest BCUT2D eigenvalue weighted by Crippen LogP contribution is -2.43. The Morgan fingerprint density at radius 2 is 2.00 bits per heavy atom. The largest absolute Gasteiger partial charge is 0.486 e. The Labute approximate surface area is 149 Å². The minimum absolute atomic E-state index is 0.207. The maximum absolute atomic E-state index is 12.4. The van der Waals surface area contributed by atoms with E-state index >= 15 is 0 Å². The number of nitrogens with one attached hydrogen (secondary N) is 1. The van der Waals surface area contributed by atoms with Crippen molar-refractivity contribution in [2.75, 3.05) is 25.5 Å². The quantitative estimate of drug-likeness (QED) is 0.780. The molecule has 128 valence electrons. The number of amides is 2. The summed E-state index contributed by atoms with van der Waals surface area (Å²) in [6.07, 6.45) is -0.207. The smallest absolute Gasteiger partial charge is 0.323 e. The molecule has 0 spiro atoms. The number of anilines is 1. The van der Waals surface area contributed by atoms with E-state index < -0.39 is 0 Å². The molecule has 1 N–H and O–H groups in total. The lowest BCUT2D eigenvalue weighted by molar-refractivity contribution is 0.0731. The van der Waals surface area contributed by atoms with Crippen molar-refractivity contribution in [3.05, 3.63) is 48.5 Å². The van der Waals surface area contributed by atoms with Gasteiger partial charge in [0.05, 0.1) is 16.8 Å². The van der Waals surface area contributed by atoms with E-state index in [0.29, 0.717) is 24.0 Å². The van der Waals surface area contributed by atoms with E-state index in [4.69, 9.17) is 9.47 Å². The minimum Gasteiger partial charge on any atom is -0.486 e. The van der Waals surface area contributed by atoms with Gasteiger partial charge in [-0.05, 0) is 24.3 Å². The third-order valence-corrected chi connectivity index (χ3v) is 4.85. The molecule has 0 fully saturated rings. The summed E-state index contributed by atoms with van der Waals surface area (Å²) >= 11 is 1.45. The molecule has 0 saturated carbocycles. The van der Waals surface area contributed by atoms with Crippen LogP contribution in [0.25, 0.3) is 10.2 Å². The highest BCUT2D eigenvalue weighted by Gasteiger charge is 2.24. The Balaban J connectivity index is 1.38. The molecule has 7 heteroatoms. The van der Waals surface area contributed by atoms with Crippen LogP contribution in [0.5, 0.6) is 11.5 Å². The molecule has 0 unspecified atom stereocenters. The van der Waals surface area contributed by atoms with Crippen molar-refractivity contribution in [2.45, 2.75) is 6.10 Å². The van der Waals surface area contributed by atoms with Gasteiger partial charge in [-0.1, -0.05) is 35.6 Å². The molecule has 0 saturated heterocycles. The van der Waals surface area contributed by atoms with Crippen LogP contribution >= 0.6 is 11.3 Å². The minimum atomic E-state index is -0.221. The van der Waals surface area contributed by atoms with Crippen LogP contribution in [0, 0.1) is 0 Å². The number of likely N-dealkylation sites (N-methyl/N-ethyl adjacent to an activating group) is 1. The van der Waals surface area contributed by atoms with Crippen LogP contribution in [0.1, 0.15) is 0 Å². The van der Waals surface area contributed by atoms with E-state index in [-0.39, 0.29) is 12.1 Å². The molecular formula is C18H17N3O3S. The fraction of sp³-hybridized carbons (Fsp3) is 0.222. The van der Waals surface area contributed by atoms with Crippen LogP contribution in [0.3, 0.4) is 0 Å². The van der Waals surface area contributed by atoms with Gasteiger partial charge in [0.25, 0.3) is 0 Å². The topological polar surface area (TPSA) is 63.7 Å². The van der Waals surface area contributed by atoms with E-state index in [1.54, 1.807) is 11.9 Å². The van der Waals surface area contributed by atoms with Gasteiger partial charge < -0.3 is 14.4 Å². The standard InChI is InChI=1S/C18H17N3O3S/c1-21(10-12-11-23-14-7-3-4-8-15(14)24-12)18(22)20-17-19-13-6-2-5-9-16(13)25-17/h2-9,12H,10-11H2,1H3,(H,19,20,22)/t12-/m0/s1. The number of aromatic nitrogens is 1. The van der Waals surface area contributed by atoms with Crippen molar-refractivity contribution < 1.29 is 14.3 Å². The fourth-order valence-electron chi connectivity index (χ4n) is 2.65. The number of carbonyl (C=O) groups excluding carboxylic acids is 1. The maximum Gasteiger partial charge on any atom is 0.323 e. The normalized spacial score (nSPS) is 15.8. The Hall–Kier alpha value is -2.80. The van der Waals surface area contributed by atoms with Crippen LogP contribution < -0.4 is 14.8 Å². The first-order valence-corrected chi connectivity index (χ1v) is 8.77. The summed E-state index contributed by atoms with van der Waals surface area (Å²) < 4.78 is 12.6. The first-order chi connectivity index (χ1) is 12.2. The third kappa shape index (κ3) is 3.36. The van der Waals surface area contributed by atoms with Crippen LogP contribution in [0.4, 0.5) is 9.93 Å². The van der Waals surface area contributed by atoms with Crippen LogP contribution in [-0.4, -0.2) is 42.2 Å². The number of hydrogen-bond donors (Lipinski definition) is 1. The molecule has 2 heterocycles. The summed E-state index contributed by atoms with van der Waals surface area (Å²) in [6, 6.07) is 15.1. The Kier molecular flexibility index (Phi) is 4.15. The van der Waals surface area contributed by atoms with Gasteiger partial charge in [0.15, 0.2) is 22.7 Å². The second-order valence-electron chi connectivity index (χ2n) is 5.80. The van der Waals surface area contributed by atoms with Crippen molar-refractivity contribution in [2.24, 2.45) is 0 Å². The summed E-state index contributed by atoms with van der Waals surface area (Å²) in [4.78, 5) is 18.4. The van der Waals surface area contributed by atoms with Crippen molar-refractivity contribution in [3.8, 4) is 11.5 Å². The number of rotatable bonds is 3. The second-order valence-corrected chi connectivity index (χ2v) is 6.83. The van der Waals surface area contributed by atoms with Gasteiger partial charge in [0.2, 0.25) is 0 Å². The summed E-state index contributed by atoms with van der Waals surface area (Å²) in [5.74, 6) is 1.44. The highest BCUT2D eigenvalue weighted by Crippen LogP contribution is 2.31. The Morgan fingerprint density at radius 1 is 1.24 bits per heavy atom. The Morgan fingerprint density at radius 3 is 2.84 bits per heavy atom. The maximum atomic E-state index is 12.4. The van der Waals surface area contributed by atoms with Crippen LogP contribution in [0.15, 0.2) is 48.5 Å². The highest BCUT2D eigenvalue weighted by molar-refractivity contribution is 7.22. The number of nitrogens with zero attached hydrogens (tertiary/aromatic N) is 2. The Bertz CT molecular complexity index is 878. The van der Waals surface area contributed by atoms with Crippen molar-refractivity contribution in [3.63, 3.8) is 0 Å². The van der Waals surface area contributed by atoms with Gasteiger partial charge >= 0.3 is 6.03 Å². The molecule has 25 heavy (non-hydrogen) atoms. The molecule has 3 aromatic rings. The fourth-order valence-corrected chi connectivity index (χ4v) is 3.51. The second kappa shape index (κ2) is 6.60. The van der Waals surface area contributed by atoms with Crippen LogP contribution in [0.2, 0.25) is 0 Å². The summed E-state index contributed by atoms with van der Waals surface area (Å²) in [5.41, 5.74) is 0.881. The zero-order chi connectivity index (χ0) is 17.2. The average molecular weight is 355 g/mol. The lowest BCUT2D eigenvalue weighted by atomic mass is 10.2. The van der Waals surface area contributed by atoms with Crippen molar-refractivity contribution in [1.29, 1.82) is 0 Å². The van der Waals surface area contributed by atoms with Gasteiger partial charge in [-0.25, -0.2) is 9.78 Å². The molecule has 2 aromatic carbocycles. The van der Waals surface area contributed by atoms with Crippen molar-refractivity contribution in [1.82, 2.24) is 9.88 Å². The molecule has 1 aliphatic rings. The number of thiazole rings is 1. The first-order valence-electron chi connectivity index (χ1n) is 7.95. The van der Waals surface area contributed by atoms with Gasteiger partial charge in [-0.3, -0.25) is 5.32 Å². The average Bonchev–Trinajstić information content (AvgIpc) is 3.03. The summed E-state index contributed by atoms with van der Waals surface area (Å²) in [5, 5.41) is 3.43. The molecule has 2 amide bonds. The summed E-state index contributed by atoms with van der Waals surface area (Å²) in [7, 11) is 1.73. The zero-order valence-electron chi connectivity index (χ0n) is 13.6. The molecule has 0 radical (unpaired) electrons.